The number of likely N-dealkylation sites (tertiary alicyclic amines) is 1. The van der Waals surface area contributed by atoms with E-state index in [4.69, 9.17) is 16.3 Å². The first-order valence-corrected chi connectivity index (χ1v) is 22.1. The first kappa shape index (κ1) is 42.4. The summed E-state index contributed by atoms with van der Waals surface area (Å²) >= 11 is 6.50. The normalized spacial score (nSPS) is 24.3. The van der Waals surface area contributed by atoms with Gasteiger partial charge in [-0.15, -0.1) is 0 Å². The number of aromatic nitrogens is 5. The number of carbonyl (C=O) groups is 2. The zero-order valence-corrected chi connectivity index (χ0v) is 35.8. The minimum atomic E-state index is -3.25. The molecule has 0 spiro atoms. The Kier molecular flexibility index (Phi) is 10.7. The number of ether oxygens (including phenoxy) is 1. The molecule has 14 nitrogen and oxygen atoms in total. The Morgan fingerprint density at radius 3 is 2.52 bits per heavy atom. The molecule has 3 aromatic heterocycles. The Balaban J connectivity index is 0.794. The first-order chi connectivity index (χ1) is 30.6. The molecule has 2 aromatic carbocycles. The van der Waals surface area contributed by atoms with E-state index >= 15 is 22.0 Å². The van der Waals surface area contributed by atoms with Crippen LogP contribution in [0.15, 0.2) is 35.3 Å². The summed E-state index contributed by atoms with van der Waals surface area (Å²) in [6, 6.07) is 4.86. The number of rotatable bonds is 8. The lowest BCUT2D eigenvalue weighted by atomic mass is 9.86. The summed E-state index contributed by atoms with van der Waals surface area (Å²) in [5.41, 5.74) is 0.835. The van der Waals surface area contributed by atoms with Gasteiger partial charge >= 0.3 is 5.92 Å². The number of aryl methyl sites for hydroxylation is 2. The van der Waals surface area contributed by atoms with E-state index < -0.39 is 47.9 Å². The zero-order valence-electron chi connectivity index (χ0n) is 35.1. The van der Waals surface area contributed by atoms with Crippen LogP contribution in [-0.4, -0.2) is 98.5 Å². The van der Waals surface area contributed by atoms with Crippen LogP contribution in [0, 0.1) is 23.5 Å². The number of imide groups is 1. The van der Waals surface area contributed by atoms with E-state index in [1.807, 2.05) is 6.07 Å². The molecule has 20 heteroatoms. The second kappa shape index (κ2) is 16.2. The highest BCUT2D eigenvalue weighted by Crippen LogP contribution is 2.46. The fraction of sp³-hybridized carbons (Fsp3) is 0.500. The number of alkyl halides is 3. The molecular weight excluding hydrogens is 863 g/mol. The third-order valence-electron chi connectivity index (χ3n) is 13.7. The molecule has 7 heterocycles. The standard InChI is InChI=1S/C44H46ClF5N10O4/c1-57-32-16-29(46)31(15-27(32)36-38(42(57)63)64-20-44(49,50)39(54-36)22-3-4-22)52-40-28(45)17-51-43(55-40)60-14-11-23(30(47)19-60)18-59-12-9-21(10-13-59)24-5-6-25-35(56-58(2)37(25)34(24)48)26-7-8-33(61)53-41(26)62/h5-6,15-17,21-23,26,30,39,54H,3-4,7-14,18-20H2,1-2H3,(H,51,52,55)(H,53,61,62)/t23?,26?,30-,39?/m0/s1. The van der Waals surface area contributed by atoms with Crippen molar-refractivity contribution >= 4 is 68.4 Å². The monoisotopic (exact) mass is 908 g/mol. The van der Waals surface area contributed by atoms with Gasteiger partial charge in [0.15, 0.2) is 18.2 Å². The maximum Gasteiger partial charge on any atom is 0.301 e. The maximum atomic E-state index is 16.2. The van der Waals surface area contributed by atoms with Gasteiger partial charge in [-0.05, 0) is 75.1 Å². The molecule has 0 bridgehead atoms. The lowest BCUT2D eigenvalue weighted by Crippen LogP contribution is -2.47. The number of benzene rings is 2. The van der Waals surface area contributed by atoms with Crippen molar-refractivity contribution in [1.29, 1.82) is 0 Å². The van der Waals surface area contributed by atoms with Crippen LogP contribution in [0.25, 0.3) is 21.8 Å². The summed E-state index contributed by atoms with van der Waals surface area (Å²) in [4.78, 5) is 50.4. The Morgan fingerprint density at radius 1 is 1.00 bits per heavy atom. The van der Waals surface area contributed by atoms with E-state index in [1.54, 1.807) is 18.0 Å². The fourth-order valence-corrected chi connectivity index (χ4v) is 10.2. The second-order valence-corrected chi connectivity index (χ2v) is 18.3. The molecular formula is C44H46ClF5N10O4. The number of hydrogen-bond donors (Lipinski definition) is 3. The van der Waals surface area contributed by atoms with E-state index in [9.17, 15) is 14.4 Å². The van der Waals surface area contributed by atoms with Gasteiger partial charge in [-0.3, -0.25) is 24.4 Å². The lowest BCUT2D eigenvalue weighted by molar-refractivity contribution is -0.134. The molecule has 0 radical (unpaired) electrons. The summed E-state index contributed by atoms with van der Waals surface area (Å²) < 4.78 is 86.3. The van der Waals surface area contributed by atoms with Crippen molar-refractivity contribution in [2.75, 3.05) is 54.9 Å². The number of hydrogen-bond acceptors (Lipinski definition) is 11. The van der Waals surface area contributed by atoms with Crippen molar-refractivity contribution in [3.8, 4) is 5.75 Å². The van der Waals surface area contributed by atoms with Crippen LogP contribution >= 0.6 is 11.6 Å². The van der Waals surface area contributed by atoms with E-state index in [2.05, 4.69) is 35.9 Å². The van der Waals surface area contributed by atoms with Gasteiger partial charge in [0.2, 0.25) is 23.5 Å². The summed E-state index contributed by atoms with van der Waals surface area (Å²) in [5.74, 6) is -6.40. The lowest BCUT2D eigenvalue weighted by Gasteiger charge is -2.39. The van der Waals surface area contributed by atoms with E-state index in [-0.39, 0.29) is 87.3 Å². The third-order valence-corrected chi connectivity index (χ3v) is 14.0. The minimum Gasteiger partial charge on any atom is -0.480 e. The number of nitrogens with zero attached hydrogens (tertiary/aromatic N) is 7. The van der Waals surface area contributed by atoms with Crippen molar-refractivity contribution in [2.45, 2.75) is 74.9 Å². The molecule has 3 N–H and O–H groups in total. The molecule has 4 aliphatic heterocycles. The van der Waals surface area contributed by atoms with E-state index in [1.165, 1.54) is 24.0 Å². The van der Waals surface area contributed by atoms with Gasteiger partial charge in [0.1, 0.15) is 22.5 Å². The van der Waals surface area contributed by atoms with Gasteiger partial charge in [-0.25, -0.2) is 26.9 Å². The van der Waals surface area contributed by atoms with Crippen molar-refractivity contribution < 1.29 is 36.3 Å². The quantitative estimate of drug-likeness (QED) is 0.113. The Labute approximate surface area is 368 Å². The van der Waals surface area contributed by atoms with E-state index in [0.29, 0.717) is 86.9 Å². The molecule has 10 rings (SSSR count). The number of halogens is 6. The number of nitrogens with one attached hydrogen (secondary N) is 3. The highest BCUT2D eigenvalue weighted by Gasteiger charge is 2.51. The molecule has 3 saturated heterocycles. The second-order valence-electron chi connectivity index (χ2n) is 17.9. The molecule has 1 aliphatic carbocycles. The summed E-state index contributed by atoms with van der Waals surface area (Å²) in [5, 5.41) is 13.6. The largest absolute Gasteiger partial charge is 0.480 e. The van der Waals surface area contributed by atoms with Gasteiger partial charge < -0.3 is 29.7 Å². The van der Waals surface area contributed by atoms with E-state index in [0.717, 1.165) is 10.6 Å². The van der Waals surface area contributed by atoms with Crippen LogP contribution in [0.3, 0.4) is 0 Å². The number of carbonyl (C=O) groups excluding carboxylic acids is 2. The maximum absolute atomic E-state index is 16.2. The van der Waals surface area contributed by atoms with Crippen LogP contribution < -0.4 is 31.1 Å². The minimum absolute atomic E-state index is 0.0158. The van der Waals surface area contributed by atoms with Crippen molar-refractivity contribution in [3.63, 3.8) is 0 Å². The highest BCUT2D eigenvalue weighted by molar-refractivity contribution is 6.33. The van der Waals surface area contributed by atoms with Crippen LogP contribution in [0.2, 0.25) is 5.02 Å². The predicted molar refractivity (Wildman–Crippen MR) is 229 cm³/mol. The Hall–Kier alpha value is -5.56. The third kappa shape index (κ3) is 7.56. The number of anilines is 4. The molecule has 4 atom stereocenters. The van der Waals surface area contributed by atoms with Crippen molar-refractivity contribution in [1.82, 2.24) is 34.5 Å². The summed E-state index contributed by atoms with van der Waals surface area (Å²) in [7, 11) is 3.07. The number of amides is 2. The van der Waals surface area contributed by atoms with Crippen LogP contribution in [0.4, 0.5) is 45.1 Å². The van der Waals surface area contributed by atoms with Crippen molar-refractivity contribution in [2.24, 2.45) is 25.9 Å². The average Bonchev–Trinajstić information content (AvgIpc) is 4.06. The Morgan fingerprint density at radius 2 is 1.78 bits per heavy atom. The van der Waals surface area contributed by atoms with Crippen LogP contribution in [0.5, 0.6) is 5.75 Å². The molecule has 4 fully saturated rings. The zero-order chi connectivity index (χ0) is 44.8. The predicted octanol–water partition coefficient (Wildman–Crippen LogP) is 6.67. The van der Waals surface area contributed by atoms with Gasteiger partial charge in [0.05, 0.1) is 47.3 Å². The summed E-state index contributed by atoms with van der Waals surface area (Å²) in [6.45, 7) is 1.36. The molecule has 5 aromatic rings. The first-order valence-electron chi connectivity index (χ1n) is 21.7. The SMILES string of the molecule is Cn1nc(C2CCC(=O)NC2=O)c2ccc(C3CCN(CC4CCN(c5ncc(Cl)c(Nc6cc7c8c(c(=O)n(C)c7cc6F)OCC(F)(F)C(C6CC6)N8)n5)C[C@@H]4F)CC3)c(F)c21. The molecule has 2 amide bonds. The van der Waals surface area contributed by atoms with Crippen LogP contribution in [0.1, 0.15) is 68.0 Å². The molecule has 338 valence electrons. The number of pyridine rings is 1. The molecule has 64 heavy (non-hydrogen) atoms. The molecule has 5 aliphatic rings. The van der Waals surface area contributed by atoms with Gasteiger partial charge in [-0.2, -0.15) is 10.1 Å². The smallest absolute Gasteiger partial charge is 0.301 e. The number of fused-ring (bicyclic) bond motifs is 4. The Bertz CT molecular complexity index is 2780. The topological polar surface area (TPSA) is 152 Å². The number of piperidine rings is 3. The summed E-state index contributed by atoms with van der Waals surface area (Å²) in [6.07, 6.45) is 3.74. The van der Waals surface area contributed by atoms with Crippen molar-refractivity contribution in [3.05, 3.63) is 68.7 Å². The highest BCUT2D eigenvalue weighted by atomic mass is 35.5. The van der Waals surface area contributed by atoms with Crippen LogP contribution in [-0.2, 0) is 23.7 Å². The van der Waals surface area contributed by atoms with Gasteiger partial charge in [0, 0.05) is 56.4 Å². The van der Waals surface area contributed by atoms with Gasteiger partial charge in [-0.1, -0.05) is 23.7 Å². The van der Waals surface area contributed by atoms with Gasteiger partial charge in [0.25, 0.3) is 5.56 Å². The average molecular weight is 909 g/mol. The fourth-order valence-electron chi connectivity index (χ4n) is 10.0. The molecule has 3 unspecified atom stereocenters. The molecule has 1 saturated carbocycles.